The first-order chi connectivity index (χ1) is 9.72. The summed E-state index contributed by atoms with van der Waals surface area (Å²) in [5.74, 6) is 0.502. The molecule has 1 aromatic rings. The molecular formula is C17H29FN2. The van der Waals surface area contributed by atoms with Crippen molar-refractivity contribution in [2.45, 2.75) is 46.0 Å². The summed E-state index contributed by atoms with van der Waals surface area (Å²) in [6, 6.07) is 7.06. The summed E-state index contributed by atoms with van der Waals surface area (Å²) in [7, 11) is 0. The van der Waals surface area contributed by atoms with E-state index < -0.39 is 0 Å². The summed E-state index contributed by atoms with van der Waals surface area (Å²) in [6.45, 7) is 6.85. The second-order valence-electron chi connectivity index (χ2n) is 5.46. The van der Waals surface area contributed by atoms with Crippen molar-refractivity contribution in [2.24, 2.45) is 11.7 Å². The third-order valence-corrected chi connectivity index (χ3v) is 3.85. The lowest BCUT2D eigenvalue weighted by molar-refractivity contribution is 0.442. The second-order valence-corrected chi connectivity index (χ2v) is 5.46. The number of nitrogens with zero attached hydrogens (tertiary/aromatic N) is 1. The standard InChI is InChI=1S/C17H29FN2/c1-3-5-9-15(4-2)14-20(13-8-12-19)17-11-7-6-10-16(17)18/h6-7,10-11,15H,3-5,8-9,12-14,19H2,1-2H3. The Hall–Kier alpha value is -1.09. The zero-order chi connectivity index (χ0) is 14.8. The highest BCUT2D eigenvalue weighted by atomic mass is 19.1. The van der Waals surface area contributed by atoms with Crippen LogP contribution in [0.1, 0.15) is 46.0 Å². The number of unbranched alkanes of at least 4 members (excludes halogenated alkanes) is 1. The summed E-state index contributed by atoms with van der Waals surface area (Å²) < 4.78 is 14.0. The highest BCUT2D eigenvalue weighted by Gasteiger charge is 2.15. The van der Waals surface area contributed by atoms with Crippen LogP contribution in [0.15, 0.2) is 24.3 Å². The van der Waals surface area contributed by atoms with E-state index in [0.717, 1.165) is 31.6 Å². The molecule has 0 bridgehead atoms. The monoisotopic (exact) mass is 280 g/mol. The highest BCUT2D eigenvalue weighted by molar-refractivity contribution is 5.47. The summed E-state index contributed by atoms with van der Waals surface area (Å²) in [4.78, 5) is 2.17. The SMILES string of the molecule is CCCCC(CC)CN(CCCN)c1ccccc1F. The molecule has 0 aromatic heterocycles. The van der Waals surface area contributed by atoms with Crippen molar-refractivity contribution >= 4 is 5.69 Å². The lowest BCUT2D eigenvalue weighted by atomic mass is 9.98. The van der Waals surface area contributed by atoms with Crippen LogP contribution in [0.4, 0.5) is 10.1 Å². The molecule has 0 aliphatic rings. The fourth-order valence-corrected chi connectivity index (χ4v) is 2.53. The van der Waals surface area contributed by atoms with E-state index in [-0.39, 0.29) is 5.82 Å². The van der Waals surface area contributed by atoms with E-state index in [9.17, 15) is 4.39 Å². The second kappa shape index (κ2) is 9.76. The lowest BCUT2D eigenvalue weighted by Gasteiger charge is -2.29. The molecular weight excluding hydrogens is 251 g/mol. The van der Waals surface area contributed by atoms with E-state index in [4.69, 9.17) is 5.73 Å². The van der Waals surface area contributed by atoms with Gasteiger partial charge in [0.2, 0.25) is 0 Å². The Balaban J connectivity index is 2.75. The van der Waals surface area contributed by atoms with Crippen LogP contribution in [-0.4, -0.2) is 19.6 Å². The zero-order valence-corrected chi connectivity index (χ0v) is 12.9. The molecule has 0 amide bonds. The highest BCUT2D eigenvalue weighted by Crippen LogP contribution is 2.23. The fraction of sp³-hybridized carbons (Fsp3) is 0.647. The number of hydrogen-bond acceptors (Lipinski definition) is 2. The van der Waals surface area contributed by atoms with Crippen LogP contribution in [0, 0.1) is 11.7 Å². The lowest BCUT2D eigenvalue weighted by Crippen LogP contribution is -2.32. The molecule has 0 aliphatic carbocycles. The first kappa shape index (κ1) is 17.0. The Morgan fingerprint density at radius 1 is 1.20 bits per heavy atom. The number of nitrogens with two attached hydrogens (primary N) is 1. The van der Waals surface area contributed by atoms with Gasteiger partial charge in [0.25, 0.3) is 0 Å². The van der Waals surface area contributed by atoms with Gasteiger partial charge in [0.15, 0.2) is 0 Å². The van der Waals surface area contributed by atoms with Crippen LogP contribution < -0.4 is 10.6 Å². The molecule has 1 rings (SSSR count). The molecule has 1 unspecified atom stereocenters. The van der Waals surface area contributed by atoms with Crippen molar-refractivity contribution in [3.63, 3.8) is 0 Å². The minimum atomic E-state index is -0.130. The molecule has 0 saturated carbocycles. The van der Waals surface area contributed by atoms with Gasteiger partial charge in [-0.15, -0.1) is 0 Å². The molecule has 2 N–H and O–H groups in total. The molecule has 114 valence electrons. The van der Waals surface area contributed by atoms with Crippen molar-refractivity contribution in [2.75, 3.05) is 24.5 Å². The predicted molar refractivity (Wildman–Crippen MR) is 85.6 cm³/mol. The number of para-hydroxylation sites is 1. The normalized spacial score (nSPS) is 12.4. The van der Waals surface area contributed by atoms with Gasteiger partial charge in [0.05, 0.1) is 5.69 Å². The average molecular weight is 280 g/mol. The van der Waals surface area contributed by atoms with E-state index in [1.165, 1.54) is 25.3 Å². The number of benzene rings is 1. The average Bonchev–Trinajstić information content (AvgIpc) is 2.47. The Bertz CT molecular complexity index is 368. The van der Waals surface area contributed by atoms with Crippen LogP contribution in [-0.2, 0) is 0 Å². The molecule has 0 heterocycles. The molecule has 3 heteroatoms. The smallest absolute Gasteiger partial charge is 0.146 e. The molecule has 2 nitrogen and oxygen atoms in total. The van der Waals surface area contributed by atoms with E-state index >= 15 is 0 Å². The van der Waals surface area contributed by atoms with E-state index in [1.807, 2.05) is 12.1 Å². The van der Waals surface area contributed by atoms with Gasteiger partial charge in [0.1, 0.15) is 5.82 Å². The van der Waals surface area contributed by atoms with E-state index in [1.54, 1.807) is 6.07 Å². The molecule has 0 fully saturated rings. The van der Waals surface area contributed by atoms with E-state index in [0.29, 0.717) is 12.5 Å². The van der Waals surface area contributed by atoms with Gasteiger partial charge in [-0.1, -0.05) is 45.2 Å². The first-order valence-electron chi connectivity index (χ1n) is 7.92. The number of hydrogen-bond donors (Lipinski definition) is 1. The van der Waals surface area contributed by atoms with Crippen LogP contribution >= 0.6 is 0 Å². The van der Waals surface area contributed by atoms with Crippen molar-refractivity contribution in [1.82, 2.24) is 0 Å². The Morgan fingerprint density at radius 3 is 2.55 bits per heavy atom. The zero-order valence-electron chi connectivity index (χ0n) is 12.9. The quantitative estimate of drug-likeness (QED) is 0.696. The molecule has 0 spiro atoms. The van der Waals surface area contributed by atoms with Gasteiger partial charge in [-0.3, -0.25) is 0 Å². The minimum Gasteiger partial charge on any atom is -0.369 e. The molecule has 20 heavy (non-hydrogen) atoms. The van der Waals surface area contributed by atoms with Crippen LogP contribution in [0.25, 0.3) is 0 Å². The van der Waals surface area contributed by atoms with Gasteiger partial charge >= 0.3 is 0 Å². The minimum absolute atomic E-state index is 0.130. The summed E-state index contributed by atoms with van der Waals surface area (Å²) in [5.41, 5.74) is 6.33. The summed E-state index contributed by atoms with van der Waals surface area (Å²) in [5, 5.41) is 0. The van der Waals surface area contributed by atoms with Crippen molar-refractivity contribution in [3.05, 3.63) is 30.1 Å². The van der Waals surface area contributed by atoms with Gasteiger partial charge in [-0.25, -0.2) is 4.39 Å². The third-order valence-electron chi connectivity index (χ3n) is 3.85. The topological polar surface area (TPSA) is 29.3 Å². The van der Waals surface area contributed by atoms with Gasteiger partial charge in [-0.2, -0.15) is 0 Å². The largest absolute Gasteiger partial charge is 0.369 e. The first-order valence-corrected chi connectivity index (χ1v) is 7.92. The van der Waals surface area contributed by atoms with Crippen molar-refractivity contribution in [3.8, 4) is 0 Å². The maximum absolute atomic E-state index is 14.0. The predicted octanol–water partition coefficient (Wildman–Crippen LogP) is 4.20. The van der Waals surface area contributed by atoms with Crippen LogP contribution in [0.5, 0.6) is 0 Å². The third kappa shape index (κ3) is 5.49. The summed E-state index contributed by atoms with van der Waals surface area (Å²) >= 11 is 0. The molecule has 0 aliphatic heterocycles. The molecule has 1 atom stereocenters. The number of anilines is 1. The number of halogens is 1. The van der Waals surface area contributed by atoms with Gasteiger partial charge < -0.3 is 10.6 Å². The van der Waals surface area contributed by atoms with Gasteiger partial charge in [-0.05, 0) is 37.4 Å². The number of rotatable bonds is 10. The Labute approximate surface area is 123 Å². The molecule has 0 saturated heterocycles. The van der Waals surface area contributed by atoms with Crippen molar-refractivity contribution in [1.29, 1.82) is 0 Å². The van der Waals surface area contributed by atoms with Crippen LogP contribution in [0.2, 0.25) is 0 Å². The maximum atomic E-state index is 14.0. The van der Waals surface area contributed by atoms with Crippen molar-refractivity contribution < 1.29 is 4.39 Å². The van der Waals surface area contributed by atoms with Crippen LogP contribution in [0.3, 0.4) is 0 Å². The Kier molecular flexibility index (Phi) is 8.28. The Morgan fingerprint density at radius 2 is 1.95 bits per heavy atom. The molecule has 0 radical (unpaired) electrons. The fourth-order valence-electron chi connectivity index (χ4n) is 2.53. The maximum Gasteiger partial charge on any atom is 0.146 e. The molecule has 1 aromatic carbocycles. The van der Waals surface area contributed by atoms with Gasteiger partial charge in [0, 0.05) is 13.1 Å². The van der Waals surface area contributed by atoms with E-state index in [2.05, 4.69) is 18.7 Å². The summed E-state index contributed by atoms with van der Waals surface area (Å²) in [6.07, 6.45) is 5.74.